The highest BCUT2D eigenvalue weighted by atomic mass is 16.5. The van der Waals surface area contributed by atoms with Crippen LogP contribution in [0.15, 0.2) is 48.0 Å². The average molecular weight is 307 g/mol. The molecule has 1 amide bonds. The van der Waals surface area contributed by atoms with Gasteiger partial charge >= 0.3 is 0 Å². The molecule has 0 aromatic heterocycles. The maximum atomic E-state index is 12.3. The van der Waals surface area contributed by atoms with Crippen LogP contribution in [0.5, 0.6) is 11.5 Å². The summed E-state index contributed by atoms with van der Waals surface area (Å²) in [5.41, 5.74) is 3.89. The van der Waals surface area contributed by atoms with Gasteiger partial charge in [-0.1, -0.05) is 30.3 Å². The highest BCUT2D eigenvalue weighted by Gasteiger charge is 2.17. The molecule has 116 valence electrons. The molecule has 4 heteroatoms. The van der Waals surface area contributed by atoms with Crippen LogP contribution < -0.4 is 14.8 Å². The third kappa shape index (κ3) is 2.80. The summed E-state index contributed by atoms with van der Waals surface area (Å²) < 4.78 is 11.1. The summed E-state index contributed by atoms with van der Waals surface area (Å²) in [7, 11) is 0. The van der Waals surface area contributed by atoms with E-state index in [4.69, 9.17) is 9.47 Å². The van der Waals surface area contributed by atoms with Crippen molar-refractivity contribution in [2.75, 3.05) is 13.2 Å². The lowest BCUT2D eigenvalue weighted by Crippen LogP contribution is -2.28. The van der Waals surface area contributed by atoms with Gasteiger partial charge in [-0.3, -0.25) is 4.79 Å². The summed E-state index contributed by atoms with van der Waals surface area (Å²) in [5.74, 6) is 1.69. The molecule has 1 N–H and O–H groups in total. The fourth-order valence-electron chi connectivity index (χ4n) is 2.89. The van der Waals surface area contributed by atoms with Gasteiger partial charge in [-0.2, -0.15) is 0 Å². The van der Waals surface area contributed by atoms with E-state index in [1.165, 1.54) is 5.56 Å². The van der Waals surface area contributed by atoms with E-state index >= 15 is 0 Å². The van der Waals surface area contributed by atoms with Crippen molar-refractivity contribution in [3.8, 4) is 11.5 Å². The zero-order valence-corrected chi connectivity index (χ0v) is 12.7. The van der Waals surface area contributed by atoms with Gasteiger partial charge in [0.15, 0.2) is 0 Å². The van der Waals surface area contributed by atoms with Crippen LogP contribution in [0.2, 0.25) is 0 Å². The van der Waals surface area contributed by atoms with E-state index in [0.29, 0.717) is 18.7 Å². The third-order valence-corrected chi connectivity index (χ3v) is 4.13. The van der Waals surface area contributed by atoms with Crippen LogP contribution in [0.1, 0.15) is 16.7 Å². The molecule has 0 saturated carbocycles. The fraction of sp³-hybridized carbons (Fsp3) is 0.211. The Morgan fingerprint density at radius 2 is 2.00 bits per heavy atom. The molecule has 0 aliphatic carbocycles. The number of carbonyl (C=O) groups is 1. The molecule has 0 unspecified atom stereocenters. The van der Waals surface area contributed by atoms with Gasteiger partial charge in [0, 0.05) is 18.5 Å². The van der Waals surface area contributed by atoms with Gasteiger partial charge in [0.05, 0.1) is 12.2 Å². The van der Waals surface area contributed by atoms with Crippen LogP contribution >= 0.6 is 0 Å². The van der Waals surface area contributed by atoms with Gasteiger partial charge in [0.1, 0.15) is 18.1 Å². The van der Waals surface area contributed by atoms with Crippen molar-refractivity contribution in [3.05, 3.63) is 64.7 Å². The Bertz CT molecular complexity index is 795. The minimum absolute atomic E-state index is 0.0868. The normalized spacial score (nSPS) is 14.9. The minimum atomic E-state index is -0.0868. The molecule has 2 aliphatic rings. The molecule has 4 rings (SSSR count). The van der Waals surface area contributed by atoms with Crippen molar-refractivity contribution >= 4 is 12.0 Å². The number of fused-ring (bicyclic) bond motifs is 2. The van der Waals surface area contributed by atoms with E-state index in [-0.39, 0.29) is 5.91 Å². The standard InChI is InChI=1S/C19H17NO3/c21-19(16-10-14-3-1-2-4-17(14)23-12-16)20-11-13-5-6-18-15(9-13)7-8-22-18/h1-6,9-10H,7-8,11-12H2,(H,20,21). The first kappa shape index (κ1) is 13.9. The Hall–Kier alpha value is -2.75. The maximum absolute atomic E-state index is 12.3. The number of hydrogen-bond donors (Lipinski definition) is 1. The molecule has 2 aromatic carbocycles. The maximum Gasteiger partial charge on any atom is 0.250 e. The number of hydrogen-bond acceptors (Lipinski definition) is 3. The fourth-order valence-corrected chi connectivity index (χ4v) is 2.89. The first-order chi connectivity index (χ1) is 11.3. The van der Waals surface area contributed by atoms with E-state index in [1.54, 1.807) is 0 Å². The molecule has 4 nitrogen and oxygen atoms in total. The largest absolute Gasteiger partial charge is 0.493 e. The number of rotatable bonds is 3. The number of amides is 1. The predicted molar refractivity (Wildman–Crippen MR) is 87.4 cm³/mol. The van der Waals surface area contributed by atoms with E-state index in [2.05, 4.69) is 11.4 Å². The summed E-state index contributed by atoms with van der Waals surface area (Å²) in [5, 5.41) is 2.96. The molecule has 0 atom stereocenters. The SMILES string of the molecule is O=C(NCc1ccc2c(c1)CCO2)C1=Cc2ccccc2OC1. The van der Waals surface area contributed by atoms with Gasteiger partial charge in [-0.05, 0) is 29.3 Å². The second kappa shape index (κ2) is 5.80. The summed E-state index contributed by atoms with van der Waals surface area (Å²) >= 11 is 0. The predicted octanol–water partition coefficient (Wildman–Crippen LogP) is 2.71. The molecule has 0 bridgehead atoms. The Morgan fingerprint density at radius 3 is 2.96 bits per heavy atom. The second-order valence-corrected chi connectivity index (χ2v) is 5.72. The first-order valence-corrected chi connectivity index (χ1v) is 7.75. The molecule has 0 spiro atoms. The molecular formula is C19H17NO3. The number of ether oxygens (including phenoxy) is 2. The van der Waals surface area contributed by atoms with Gasteiger partial charge in [-0.25, -0.2) is 0 Å². The lowest BCUT2D eigenvalue weighted by atomic mass is 10.1. The van der Waals surface area contributed by atoms with E-state index in [1.807, 2.05) is 42.5 Å². The van der Waals surface area contributed by atoms with Gasteiger partial charge in [0.2, 0.25) is 0 Å². The third-order valence-electron chi connectivity index (χ3n) is 4.13. The van der Waals surface area contributed by atoms with Crippen LogP contribution in [0.25, 0.3) is 6.08 Å². The summed E-state index contributed by atoms with van der Waals surface area (Å²) in [6.07, 6.45) is 2.83. The quantitative estimate of drug-likeness (QED) is 0.948. The number of benzene rings is 2. The summed E-state index contributed by atoms with van der Waals surface area (Å²) in [4.78, 5) is 12.3. The Labute approximate surface area is 134 Å². The molecule has 23 heavy (non-hydrogen) atoms. The second-order valence-electron chi connectivity index (χ2n) is 5.72. The zero-order valence-electron chi connectivity index (χ0n) is 12.7. The lowest BCUT2D eigenvalue weighted by molar-refractivity contribution is -0.117. The van der Waals surface area contributed by atoms with Crippen molar-refractivity contribution in [2.45, 2.75) is 13.0 Å². The summed E-state index contributed by atoms with van der Waals surface area (Å²) in [6, 6.07) is 13.8. The van der Waals surface area contributed by atoms with Crippen LogP contribution in [0.3, 0.4) is 0 Å². The van der Waals surface area contributed by atoms with Gasteiger partial charge in [-0.15, -0.1) is 0 Å². The Balaban J connectivity index is 1.44. The monoisotopic (exact) mass is 307 g/mol. The van der Waals surface area contributed by atoms with Crippen molar-refractivity contribution in [2.24, 2.45) is 0 Å². The highest BCUT2D eigenvalue weighted by Crippen LogP contribution is 2.27. The molecule has 0 saturated heterocycles. The topological polar surface area (TPSA) is 47.6 Å². The van der Waals surface area contributed by atoms with E-state index in [9.17, 15) is 4.79 Å². The molecule has 2 aliphatic heterocycles. The molecular weight excluding hydrogens is 290 g/mol. The number of para-hydroxylation sites is 1. The van der Waals surface area contributed by atoms with Crippen molar-refractivity contribution in [1.82, 2.24) is 5.32 Å². The Morgan fingerprint density at radius 1 is 1.09 bits per heavy atom. The first-order valence-electron chi connectivity index (χ1n) is 7.75. The number of nitrogens with one attached hydrogen (secondary N) is 1. The van der Waals surface area contributed by atoms with Crippen LogP contribution in [-0.2, 0) is 17.8 Å². The van der Waals surface area contributed by atoms with Crippen LogP contribution in [-0.4, -0.2) is 19.1 Å². The van der Waals surface area contributed by atoms with Crippen molar-refractivity contribution < 1.29 is 14.3 Å². The van der Waals surface area contributed by atoms with Gasteiger partial charge in [0.25, 0.3) is 5.91 Å². The van der Waals surface area contributed by atoms with Crippen molar-refractivity contribution in [1.29, 1.82) is 0 Å². The molecule has 2 heterocycles. The minimum Gasteiger partial charge on any atom is -0.493 e. The smallest absolute Gasteiger partial charge is 0.250 e. The molecule has 2 aromatic rings. The zero-order chi connectivity index (χ0) is 15.6. The van der Waals surface area contributed by atoms with Crippen LogP contribution in [0, 0.1) is 0 Å². The van der Waals surface area contributed by atoms with Crippen molar-refractivity contribution in [3.63, 3.8) is 0 Å². The van der Waals surface area contributed by atoms with Crippen LogP contribution in [0.4, 0.5) is 0 Å². The van der Waals surface area contributed by atoms with Gasteiger partial charge < -0.3 is 14.8 Å². The Kier molecular flexibility index (Phi) is 3.50. The molecule has 0 radical (unpaired) electrons. The van der Waals surface area contributed by atoms with E-state index in [0.717, 1.165) is 35.7 Å². The highest BCUT2D eigenvalue weighted by molar-refractivity contribution is 5.99. The van der Waals surface area contributed by atoms with E-state index < -0.39 is 0 Å². The lowest BCUT2D eigenvalue weighted by Gasteiger charge is -2.17. The summed E-state index contributed by atoms with van der Waals surface area (Å²) in [6.45, 7) is 1.56. The average Bonchev–Trinajstić information content (AvgIpc) is 3.07. The number of carbonyl (C=O) groups excluding carboxylic acids is 1. The molecule has 0 fully saturated rings.